The Morgan fingerprint density at radius 1 is 0.885 bits per heavy atom. The molecule has 26 heavy (non-hydrogen) atoms. The number of fused-ring (bicyclic) bond motifs is 2. The zero-order chi connectivity index (χ0) is 17.9. The molecule has 142 valence electrons. The smallest absolute Gasteiger partial charge is 0.170 e. The summed E-state index contributed by atoms with van der Waals surface area (Å²) in [6, 6.07) is 9.08. The highest BCUT2D eigenvalue weighted by atomic mass is 32.1. The molecule has 5 heteroatoms. The SMILES string of the molecule is Fc1ccc(NC(=S)NC2C[C@H]3CCC[C@@H](C2)N3C2CCCCC2)cc1. The Labute approximate surface area is 161 Å². The lowest BCUT2D eigenvalue weighted by atomic mass is 9.78. The number of halogens is 1. The van der Waals surface area contributed by atoms with E-state index in [1.165, 1.54) is 76.3 Å². The van der Waals surface area contributed by atoms with Crippen molar-refractivity contribution in [1.29, 1.82) is 0 Å². The molecule has 1 saturated carbocycles. The van der Waals surface area contributed by atoms with E-state index in [1.54, 1.807) is 12.1 Å². The number of rotatable bonds is 3. The number of piperidine rings is 2. The molecule has 3 fully saturated rings. The summed E-state index contributed by atoms with van der Waals surface area (Å²) >= 11 is 5.51. The first-order valence-electron chi connectivity index (χ1n) is 10.3. The van der Waals surface area contributed by atoms with Crippen molar-refractivity contribution in [1.82, 2.24) is 10.2 Å². The maximum Gasteiger partial charge on any atom is 0.170 e. The first-order valence-corrected chi connectivity index (χ1v) is 10.7. The van der Waals surface area contributed by atoms with Crippen LogP contribution >= 0.6 is 12.2 Å². The van der Waals surface area contributed by atoms with Gasteiger partial charge in [0.1, 0.15) is 5.82 Å². The summed E-state index contributed by atoms with van der Waals surface area (Å²) in [6.45, 7) is 0. The number of nitrogens with one attached hydrogen (secondary N) is 2. The Bertz CT molecular complexity index is 600. The first kappa shape index (κ1) is 18.2. The van der Waals surface area contributed by atoms with Crippen molar-refractivity contribution < 1.29 is 4.39 Å². The highest BCUT2D eigenvalue weighted by Crippen LogP contribution is 2.39. The van der Waals surface area contributed by atoms with Crippen LogP contribution in [0.2, 0.25) is 0 Å². The fourth-order valence-corrected chi connectivity index (χ4v) is 5.68. The van der Waals surface area contributed by atoms with Crippen LogP contribution < -0.4 is 10.6 Å². The lowest BCUT2D eigenvalue weighted by Crippen LogP contribution is -2.60. The van der Waals surface area contributed by atoms with E-state index >= 15 is 0 Å². The van der Waals surface area contributed by atoms with Gasteiger partial charge in [-0.3, -0.25) is 4.90 Å². The van der Waals surface area contributed by atoms with Gasteiger partial charge >= 0.3 is 0 Å². The van der Waals surface area contributed by atoms with Crippen LogP contribution in [0.1, 0.15) is 64.2 Å². The van der Waals surface area contributed by atoms with E-state index in [9.17, 15) is 4.39 Å². The molecule has 1 aromatic carbocycles. The minimum atomic E-state index is -0.225. The molecule has 0 amide bonds. The molecule has 0 aromatic heterocycles. The number of nitrogens with zero attached hydrogens (tertiary/aromatic N) is 1. The van der Waals surface area contributed by atoms with E-state index in [4.69, 9.17) is 12.2 Å². The zero-order valence-corrected chi connectivity index (χ0v) is 16.2. The van der Waals surface area contributed by atoms with Crippen LogP contribution in [0.15, 0.2) is 24.3 Å². The normalized spacial score (nSPS) is 30.0. The van der Waals surface area contributed by atoms with Crippen LogP contribution in [0, 0.1) is 5.82 Å². The highest BCUT2D eigenvalue weighted by Gasteiger charge is 2.41. The number of anilines is 1. The number of thiocarbonyl (C=S) groups is 1. The number of hydrogen-bond acceptors (Lipinski definition) is 2. The Morgan fingerprint density at radius 3 is 2.15 bits per heavy atom. The van der Waals surface area contributed by atoms with E-state index < -0.39 is 0 Å². The van der Waals surface area contributed by atoms with E-state index in [0.29, 0.717) is 11.2 Å². The molecule has 4 rings (SSSR count). The molecule has 1 aliphatic carbocycles. The maximum atomic E-state index is 13.0. The van der Waals surface area contributed by atoms with Crippen LogP contribution in [0.5, 0.6) is 0 Å². The summed E-state index contributed by atoms with van der Waals surface area (Å²) in [7, 11) is 0. The van der Waals surface area contributed by atoms with Crippen molar-refractivity contribution in [3.8, 4) is 0 Å². The molecule has 1 aromatic rings. The summed E-state index contributed by atoms with van der Waals surface area (Å²) in [5, 5.41) is 7.39. The van der Waals surface area contributed by atoms with Gasteiger partial charge in [0.25, 0.3) is 0 Å². The molecule has 0 spiro atoms. The van der Waals surface area contributed by atoms with Gasteiger partial charge in [0.05, 0.1) is 0 Å². The van der Waals surface area contributed by atoms with Crippen molar-refractivity contribution in [2.75, 3.05) is 5.32 Å². The average molecular weight is 376 g/mol. The maximum absolute atomic E-state index is 13.0. The van der Waals surface area contributed by atoms with Gasteiger partial charge < -0.3 is 10.6 Å². The molecule has 2 saturated heterocycles. The van der Waals surface area contributed by atoms with Gasteiger partial charge in [0.15, 0.2) is 5.11 Å². The summed E-state index contributed by atoms with van der Waals surface area (Å²) in [5.74, 6) is -0.225. The summed E-state index contributed by atoms with van der Waals surface area (Å²) < 4.78 is 13.0. The fourth-order valence-electron chi connectivity index (χ4n) is 5.40. The lowest BCUT2D eigenvalue weighted by molar-refractivity contribution is -0.0195. The fraction of sp³-hybridized carbons (Fsp3) is 0.667. The Morgan fingerprint density at radius 2 is 1.50 bits per heavy atom. The second-order valence-electron chi connectivity index (χ2n) is 8.25. The van der Waals surface area contributed by atoms with Crippen molar-refractivity contribution in [2.24, 2.45) is 0 Å². The molecule has 0 radical (unpaired) electrons. The van der Waals surface area contributed by atoms with E-state index in [-0.39, 0.29) is 5.82 Å². The standard InChI is InChI=1S/C21H30FN3S/c22-15-9-11-16(12-10-15)23-21(26)24-17-13-19-7-4-8-20(14-17)25(19)18-5-2-1-3-6-18/h9-12,17-20H,1-8,13-14H2,(H2,23,24,26)/t17?,19-,20+. The first-order chi connectivity index (χ1) is 12.7. The molecule has 2 aliphatic heterocycles. The molecule has 2 heterocycles. The second kappa shape index (κ2) is 8.22. The van der Waals surface area contributed by atoms with Gasteiger partial charge in [-0.25, -0.2) is 4.39 Å². The van der Waals surface area contributed by atoms with Crippen molar-refractivity contribution in [2.45, 2.75) is 88.4 Å². The van der Waals surface area contributed by atoms with Gasteiger partial charge in [0, 0.05) is 29.9 Å². The van der Waals surface area contributed by atoms with Crippen molar-refractivity contribution in [3.63, 3.8) is 0 Å². The van der Waals surface area contributed by atoms with Crippen molar-refractivity contribution in [3.05, 3.63) is 30.1 Å². The van der Waals surface area contributed by atoms with E-state index in [1.807, 2.05) is 0 Å². The van der Waals surface area contributed by atoms with Crippen LogP contribution in [0.25, 0.3) is 0 Å². The average Bonchev–Trinajstić information content (AvgIpc) is 2.63. The number of hydrogen-bond donors (Lipinski definition) is 2. The molecule has 2 bridgehead atoms. The largest absolute Gasteiger partial charge is 0.360 e. The molecule has 3 atom stereocenters. The third-order valence-corrected chi connectivity index (χ3v) is 6.68. The monoisotopic (exact) mass is 375 g/mol. The minimum absolute atomic E-state index is 0.225. The Kier molecular flexibility index (Phi) is 5.75. The summed E-state index contributed by atoms with van der Waals surface area (Å²) in [5.41, 5.74) is 0.837. The third kappa shape index (κ3) is 4.20. The second-order valence-corrected chi connectivity index (χ2v) is 8.66. The van der Waals surface area contributed by atoms with Crippen LogP contribution in [-0.4, -0.2) is 34.2 Å². The third-order valence-electron chi connectivity index (χ3n) is 6.46. The molecule has 3 aliphatic rings. The molecular formula is C21H30FN3S. The predicted molar refractivity (Wildman–Crippen MR) is 109 cm³/mol. The predicted octanol–water partition coefficient (Wildman–Crippen LogP) is 4.83. The van der Waals surface area contributed by atoms with Gasteiger partial charge in [-0.05, 0) is 75.0 Å². The molecule has 2 N–H and O–H groups in total. The van der Waals surface area contributed by atoms with Gasteiger partial charge in [-0.1, -0.05) is 25.7 Å². The van der Waals surface area contributed by atoms with E-state index in [0.717, 1.165) is 23.8 Å². The van der Waals surface area contributed by atoms with Crippen LogP contribution in [-0.2, 0) is 0 Å². The topological polar surface area (TPSA) is 27.3 Å². The zero-order valence-electron chi connectivity index (χ0n) is 15.4. The molecular weight excluding hydrogens is 345 g/mol. The van der Waals surface area contributed by atoms with Crippen molar-refractivity contribution >= 4 is 23.0 Å². The lowest BCUT2D eigenvalue weighted by Gasteiger charge is -2.53. The van der Waals surface area contributed by atoms with Crippen LogP contribution in [0.4, 0.5) is 10.1 Å². The van der Waals surface area contributed by atoms with E-state index in [2.05, 4.69) is 15.5 Å². The van der Waals surface area contributed by atoms with Gasteiger partial charge in [-0.15, -0.1) is 0 Å². The summed E-state index contributed by atoms with van der Waals surface area (Å²) in [6.07, 6.45) is 13.5. The van der Waals surface area contributed by atoms with Crippen LogP contribution in [0.3, 0.4) is 0 Å². The summed E-state index contributed by atoms with van der Waals surface area (Å²) in [4.78, 5) is 2.90. The highest BCUT2D eigenvalue weighted by molar-refractivity contribution is 7.80. The quantitative estimate of drug-likeness (QED) is 0.740. The Balaban J connectivity index is 1.34. The molecule has 3 nitrogen and oxygen atoms in total. The number of benzene rings is 1. The van der Waals surface area contributed by atoms with Gasteiger partial charge in [0.2, 0.25) is 0 Å². The Hall–Kier alpha value is -1.20. The van der Waals surface area contributed by atoms with Gasteiger partial charge in [-0.2, -0.15) is 0 Å². The minimum Gasteiger partial charge on any atom is -0.360 e. The molecule has 1 unspecified atom stereocenters.